The molecule has 1 aromatic rings. The molecule has 0 unspecified atom stereocenters. The summed E-state index contributed by atoms with van der Waals surface area (Å²) in [5.74, 6) is 0.864. The molecule has 4 nitrogen and oxygen atoms in total. The monoisotopic (exact) mass is 191 g/mol. The first-order valence-electron chi connectivity index (χ1n) is 4.41. The summed E-state index contributed by atoms with van der Waals surface area (Å²) in [6.07, 6.45) is 3.83. The van der Waals surface area contributed by atoms with Crippen LogP contribution < -0.4 is 15.3 Å². The van der Waals surface area contributed by atoms with Gasteiger partial charge < -0.3 is 4.74 Å². The van der Waals surface area contributed by atoms with Crippen LogP contribution in [0.15, 0.2) is 36.7 Å². The number of hydrazine groups is 2. The molecule has 1 N–H and O–H groups in total. The van der Waals surface area contributed by atoms with Gasteiger partial charge in [0.2, 0.25) is 0 Å². The van der Waals surface area contributed by atoms with Crippen LogP contribution in [-0.4, -0.2) is 19.2 Å². The SMILES string of the molecule is COc1ccc(N2NC=CN2C)cc1. The van der Waals surface area contributed by atoms with Crippen molar-refractivity contribution in [1.82, 2.24) is 10.4 Å². The van der Waals surface area contributed by atoms with Gasteiger partial charge >= 0.3 is 0 Å². The van der Waals surface area contributed by atoms with E-state index in [-0.39, 0.29) is 0 Å². The van der Waals surface area contributed by atoms with E-state index >= 15 is 0 Å². The number of rotatable bonds is 2. The lowest BCUT2D eigenvalue weighted by molar-refractivity contribution is 0.410. The summed E-state index contributed by atoms with van der Waals surface area (Å²) < 4.78 is 5.09. The summed E-state index contributed by atoms with van der Waals surface area (Å²) in [5, 5.41) is 3.89. The van der Waals surface area contributed by atoms with Crippen LogP contribution in [0.1, 0.15) is 0 Å². The third-order valence-electron chi connectivity index (χ3n) is 2.12. The lowest BCUT2D eigenvalue weighted by Crippen LogP contribution is -2.39. The van der Waals surface area contributed by atoms with E-state index in [4.69, 9.17) is 4.74 Å². The molecule has 1 aromatic carbocycles. The Bertz CT molecular complexity index is 334. The molecule has 0 saturated carbocycles. The zero-order valence-electron chi connectivity index (χ0n) is 8.27. The standard InChI is InChI=1S/C10H13N3O/c1-12-8-7-11-13(12)9-3-5-10(14-2)6-4-9/h3-8,11H,1-2H3. The molecule has 14 heavy (non-hydrogen) atoms. The second kappa shape index (κ2) is 3.49. The van der Waals surface area contributed by atoms with Crippen molar-refractivity contribution in [2.24, 2.45) is 0 Å². The Morgan fingerprint density at radius 1 is 1.21 bits per heavy atom. The minimum atomic E-state index is 0.864. The van der Waals surface area contributed by atoms with E-state index in [1.807, 2.05) is 53.8 Å². The summed E-state index contributed by atoms with van der Waals surface area (Å²) in [7, 11) is 3.64. The van der Waals surface area contributed by atoms with Crippen molar-refractivity contribution in [2.75, 3.05) is 19.3 Å². The first-order valence-corrected chi connectivity index (χ1v) is 4.41. The third-order valence-corrected chi connectivity index (χ3v) is 2.12. The van der Waals surface area contributed by atoms with Crippen LogP contribution in [0.5, 0.6) is 5.75 Å². The predicted molar refractivity (Wildman–Crippen MR) is 55.5 cm³/mol. The minimum Gasteiger partial charge on any atom is -0.497 e. The van der Waals surface area contributed by atoms with Crippen molar-refractivity contribution in [3.63, 3.8) is 0 Å². The van der Waals surface area contributed by atoms with Crippen LogP contribution >= 0.6 is 0 Å². The van der Waals surface area contributed by atoms with Gasteiger partial charge in [-0.15, -0.1) is 0 Å². The minimum absolute atomic E-state index is 0.864. The number of ether oxygens (including phenoxy) is 1. The van der Waals surface area contributed by atoms with Crippen LogP contribution in [0.2, 0.25) is 0 Å². The maximum Gasteiger partial charge on any atom is 0.119 e. The Morgan fingerprint density at radius 2 is 1.93 bits per heavy atom. The Balaban J connectivity index is 2.17. The summed E-state index contributed by atoms with van der Waals surface area (Å²) >= 11 is 0. The molecule has 1 aliphatic heterocycles. The molecule has 1 aliphatic rings. The lowest BCUT2D eigenvalue weighted by atomic mass is 10.3. The third kappa shape index (κ3) is 1.46. The van der Waals surface area contributed by atoms with Gasteiger partial charge in [-0.3, -0.25) is 10.4 Å². The van der Waals surface area contributed by atoms with Gasteiger partial charge in [0.1, 0.15) is 5.75 Å². The molecule has 0 aromatic heterocycles. The van der Waals surface area contributed by atoms with Gasteiger partial charge in [-0.1, -0.05) is 0 Å². The van der Waals surface area contributed by atoms with Crippen molar-refractivity contribution in [1.29, 1.82) is 0 Å². The van der Waals surface area contributed by atoms with Gasteiger partial charge in [0.25, 0.3) is 0 Å². The Morgan fingerprint density at radius 3 is 2.43 bits per heavy atom. The normalized spacial score (nSPS) is 14.4. The zero-order chi connectivity index (χ0) is 9.97. The highest BCUT2D eigenvalue weighted by atomic mass is 16.5. The summed E-state index contributed by atoms with van der Waals surface area (Å²) in [4.78, 5) is 0. The van der Waals surface area contributed by atoms with E-state index in [9.17, 15) is 0 Å². The molecule has 74 valence electrons. The van der Waals surface area contributed by atoms with E-state index < -0.39 is 0 Å². The number of nitrogens with zero attached hydrogens (tertiary/aromatic N) is 2. The van der Waals surface area contributed by atoms with Gasteiger partial charge in [0.05, 0.1) is 12.8 Å². The van der Waals surface area contributed by atoms with Crippen molar-refractivity contribution in [3.05, 3.63) is 36.7 Å². The summed E-state index contributed by atoms with van der Waals surface area (Å²) in [5.41, 5.74) is 4.17. The van der Waals surface area contributed by atoms with Crippen LogP contribution in [-0.2, 0) is 0 Å². The average Bonchev–Trinajstić information content (AvgIpc) is 2.65. The van der Waals surface area contributed by atoms with Crippen molar-refractivity contribution in [3.8, 4) is 5.75 Å². The Kier molecular flexibility index (Phi) is 2.18. The number of nitrogens with one attached hydrogen (secondary N) is 1. The molecule has 0 fully saturated rings. The predicted octanol–water partition coefficient (Wildman–Crippen LogP) is 1.34. The van der Waals surface area contributed by atoms with Crippen LogP contribution in [0.4, 0.5) is 5.69 Å². The Hall–Kier alpha value is -1.84. The lowest BCUT2D eigenvalue weighted by Gasteiger charge is -2.26. The highest BCUT2D eigenvalue weighted by Gasteiger charge is 2.11. The van der Waals surface area contributed by atoms with Crippen LogP contribution in [0.25, 0.3) is 0 Å². The van der Waals surface area contributed by atoms with E-state index in [0.29, 0.717) is 0 Å². The maximum atomic E-state index is 5.09. The molecule has 0 amide bonds. The van der Waals surface area contributed by atoms with E-state index in [0.717, 1.165) is 11.4 Å². The van der Waals surface area contributed by atoms with Crippen molar-refractivity contribution in [2.45, 2.75) is 0 Å². The summed E-state index contributed by atoms with van der Waals surface area (Å²) in [6.45, 7) is 0. The van der Waals surface area contributed by atoms with Crippen molar-refractivity contribution < 1.29 is 4.74 Å². The molecule has 0 saturated heterocycles. The van der Waals surface area contributed by atoms with Gasteiger partial charge in [-0.2, -0.15) is 5.12 Å². The number of hydrogen-bond acceptors (Lipinski definition) is 4. The first kappa shape index (κ1) is 8.74. The van der Waals surface area contributed by atoms with E-state index in [1.54, 1.807) is 7.11 Å². The Labute approximate surface area is 83.3 Å². The van der Waals surface area contributed by atoms with Gasteiger partial charge in [-0.05, 0) is 24.3 Å². The molecular weight excluding hydrogens is 178 g/mol. The second-order valence-electron chi connectivity index (χ2n) is 3.03. The molecular formula is C10H13N3O. The van der Waals surface area contributed by atoms with Gasteiger partial charge in [0, 0.05) is 19.4 Å². The van der Waals surface area contributed by atoms with Crippen LogP contribution in [0.3, 0.4) is 0 Å². The van der Waals surface area contributed by atoms with Gasteiger partial charge in [0.15, 0.2) is 0 Å². The quantitative estimate of drug-likeness (QED) is 0.763. The molecule has 0 aliphatic carbocycles. The first-order chi connectivity index (χ1) is 6.81. The molecule has 4 heteroatoms. The maximum absolute atomic E-state index is 5.09. The largest absolute Gasteiger partial charge is 0.497 e. The van der Waals surface area contributed by atoms with Crippen LogP contribution in [0, 0.1) is 0 Å². The van der Waals surface area contributed by atoms with Gasteiger partial charge in [-0.25, -0.2) is 0 Å². The number of methoxy groups -OCH3 is 1. The fraction of sp³-hybridized carbons (Fsp3) is 0.200. The highest BCUT2D eigenvalue weighted by molar-refractivity contribution is 5.48. The zero-order valence-corrected chi connectivity index (χ0v) is 8.27. The smallest absolute Gasteiger partial charge is 0.119 e. The second-order valence-corrected chi connectivity index (χ2v) is 3.03. The number of hydrogen-bond donors (Lipinski definition) is 1. The average molecular weight is 191 g/mol. The molecule has 2 rings (SSSR count). The van der Waals surface area contributed by atoms with E-state index in [1.165, 1.54) is 0 Å². The number of benzene rings is 1. The number of anilines is 1. The molecule has 0 bridgehead atoms. The molecule has 0 radical (unpaired) electrons. The molecule has 1 heterocycles. The van der Waals surface area contributed by atoms with E-state index in [2.05, 4.69) is 5.43 Å². The summed E-state index contributed by atoms with van der Waals surface area (Å²) in [6, 6.07) is 7.86. The molecule has 0 spiro atoms. The topological polar surface area (TPSA) is 27.7 Å². The fourth-order valence-electron chi connectivity index (χ4n) is 1.35. The molecule has 0 atom stereocenters. The highest BCUT2D eigenvalue weighted by Crippen LogP contribution is 2.20. The fourth-order valence-corrected chi connectivity index (χ4v) is 1.35. The van der Waals surface area contributed by atoms with Crippen molar-refractivity contribution >= 4 is 5.69 Å².